The summed E-state index contributed by atoms with van der Waals surface area (Å²) in [4.78, 5) is 15.3. The van der Waals surface area contributed by atoms with Crippen LogP contribution < -0.4 is 9.47 Å². The molecule has 0 saturated heterocycles. The number of amides is 1. The van der Waals surface area contributed by atoms with E-state index in [1.807, 2.05) is 23.2 Å². The number of carbonyl (C=O) groups is 1. The van der Waals surface area contributed by atoms with Crippen molar-refractivity contribution in [1.82, 2.24) is 4.90 Å². The van der Waals surface area contributed by atoms with Gasteiger partial charge in [-0.2, -0.15) is 0 Å². The van der Waals surface area contributed by atoms with Crippen molar-refractivity contribution in [2.75, 3.05) is 13.7 Å². The van der Waals surface area contributed by atoms with Crippen molar-refractivity contribution in [3.63, 3.8) is 0 Å². The Kier molecular flexibility index (Phi) is 5.12. The number of nitrogens with zero attached hydrogens (tertiary/aromatic N) is 1. The Labute approximate surface area is 166 Å². The zero-order valence-electron chi connectivity index (χ0n) is 16.8. The zero-order chi connectivity index (χ0) is 19.7. The van der Waals surface area contributed by atoms with Crippen molar-refractivity contribution in [1.29, 1.82) is 0 Å². The maximum absolute atomic E-state index is 13.3. The van der Waals surface area contributed by atoms with Crippen LogP contribution in [0.25, 0.3) is 5.57 Å². The molecule has 0 saturated carbocycles. The van der Waals surface area contributed by atoms with E-state index in [9.17, 15) is 4.79 Å². The zero-order valence-corrected chi connectivity index (χ0v) is 16.8. The van der Waals surface area contributed by atoms with Gasteiger partial charge in [0, 0.05) is 17.8 Å². The SMILES string of the molecule is CCCOc1cc2c(cc1OC)C(=O)N1C=C(c3ccc(C)cc3)C[C@H]1CC2. The van der Waals surface area contributed by atoms with E-state index in [0.29, 0.717) is 12.4 Å². The summed E-state index contributed by atoms with van der Waals surface area (Å²) in [5, 5.41) is 0. The first kappa shape index (κ1) is 18.6. The van der Waals surface area contributed by atoms with Gasteiger partial charge in [0.25, 0.3) is 5.91 Å². The van der Waals surface area contributed by atoms with Crippen LogP contribution in [-0.2, 0) is 6.42 Å². The lowest BCUT2D eigenvalue weighted by Gasteiger charge is -2.21. The Hall–Kier alpha value is -2.75. The Morgan fingerprint density at radius 3 is 2.64 bits per heavy atom. The average Bonchev–Trinajstić information content (AvgIpc) is 3.09. The number of rotatable bonds is 5. The molecule has 1 amide bonds. The third-order valence-corrected chi connectivity index (χ3v) is 5.63. The summed E-state index contributed by atoms with van der Waals surface area (Å²) in [6.45, 7) is 4.80. The van der Waals surface area contributed by atoms with Gasteiger partial charge in [0.05, 0.1) is 13.7 Å². The van der Waals surface area contributed by atoms with Crippen molar-refractivity contribution >= 4 is 11.5 Å². The fourth-order valence-corrected chi connectivity index (χ4v) is 4.06. The van der Waals surface area contributed by atoms with E-state index in [2.05, 4.69) is 38.1 Å². The van der Waals surface area contributed by atoms with E-state index in [-0.39, 0.29) is 11.9 Å². The molecule has 0 fully saturated rings. The minimum Gasteiger partial charge on any atom is -0.493 e. The first-order chi connectivity index (χ1) is 13.6. The molecule has 0 spiro atoms. The lowest BCUT2D eigenvalue weighted by molar-refractivity contribution is 0.0788. The van der Waals surface area contributed by atoms with E-state index >= 15 is 0 Å². The van der Waals surface area contributed by atoms with E-state index in [1.54, 1.807) is 7.11 Å². The van der Waals surface area contributed by atoms with Gasteiger partial charge in [0.1, 0.15) is 0 Å². The standard InChI is InChI=1S/C24H27NO3/c1-4-11-28-23-13-18-9-10-20-12-19(17-7-5-16(2)6-8-17)15-25(20)24(26)21(18)14-22(23)27-3/h5-8,13-15,20H,4,9-12H2,1-3H3/t20-/m1/s1. The molecular weight excluding hydrogens is 350 g/mol. The van der Waals surface area contributed by atoms with Gasteiger partial charge in [0.15, 0.2) is 11.5 Å². The molecule has 0 radical (unpaired) electrons. The number of aryl methyl sites for hydroxylation is 2. The van der Waals surface area contributed by atoms with E-state index in [1.165, 1.54) is 16.7 Å². The van der Waals surface area contributed by atoms with Gasteiger partial charge in [-0.1, -0.05) is 36.8 Å². The maximum Gasteiger partial charge on any atom is 0.258 e. The molecule has 2 aromatic carbocycles. The second-order valence-electron chi connectivity index (χ2n) is 7.64. The maximum atomic E-state index is 13.3. The van der Waals surface area contributed by atoms with Crippen molar-refractivity contribution < 1.29 is 14.3 Å². The van der Waals surface area contributed by atoms with Gasteiger partial charge in [-0.05, 0) is 61.4 Å². The molecule has 146 valence electrons. The highest BCUT2D eigenvalue weighted by Crippen LogP contribution is 2.39. The minimum absolute atomic E-state index is 0.0555. The van der Waals surface area contributed by atoms with Crippen LogP contribution in [-0.4, -0.2) is 30.6 Å². The predicted molar refractivity (Wildman–Crippen MR) is 111 cm³/mol. The van der Waals surface area contributed by atoms with E-state index in [0.717, 1.165) is 42.6 Å². The predicted octanol–water partition coefficient (Wildman–Crippen LogP) is 4.99. The van der Waals surface area contributed by atoms with Crippen LogP contribution in [0.15, 0.2) is 42.6 Å². The molecule has 0 N–H and O–H groups in total. The summed E-state index contributed by atoms with van der Waals surface area (Å²) in [5.41, 5.74) is 5.46. The van der Waals surface area contributed by atoms with E-state index in [4.69, 9.17) is 9.47 Å². The molecule has 4 heteroatoms. The molecule has 0 bridgehead atoms. The molecule has 0 unspecified atom stereocenters. The Bertz CT molecular complexity index is 914. The molecule has 2 aliphatic rings. The summed E-state index contributed by atoms with van der Waals surface area (Å²) in [7, 11) is 1.62. The van der Waals surface area contributed by atoms with Crippen LogP contribution in [0.3, 0.4) is 0 Å². The van der Waals surface area contributed by atoms with Gasteiger partial charge in [-0.15, -0.1) is 0 Å². The van der Waals surface area contributed by atoms with Crippen LogP contribution in [0.5, 0.6) is 11.5 Å². The Morgan fingerprint density at radius 1 is 1.14 bits per heavy atom. The van der Waals surface area contributed by atoms with Crippen LogP contribution in [0.1, 0.15) is 53.2 Å². The topological polar surface area (TPSA) is 38.8 Å². The van der Waals surface area contributed by atoms with Crippen LogP contribution in [0, 0.1) is 6.92 Å². The molecule has 4 rings (SSSR count). The van der Waals surface area contributed by atoms with Gasteiger partial charge in [-0.3, -0.25) is 4.79 Å². The van der Waals surface area contributed by atoms with Gasteiger partial charge in [0.2, 0.25) is 0 Å². The molecule has 2 heterocycles. The molecule has 1 atom stereocenters. The third kappa shape index (κ3) is 3.39. The Balaban J connectivity index is 1.66. The summed E-state index contributed by atoms with van der Waals surface area (Å²) >= 11 is 0. The molecule has 28 heavy (non-hydrogen) atoms. The second kappa shape index (κ2) is 7.70. The number of hydrogen-bond acceptors (Lipinski definition) is 3. The number of hydrogen-bond donors (Lipinski definition) is 0. The number of fused-ring (bicyclic) bond motifs is 2. The normalized spacial score (nSPS) is 18.2. The highest BCUT2D eigenvalue weighted by molar-refractivity contribution is 5.99. The first-order valence-electron chi connectivity index (χ1n) is 10.0. The van der Waals surface area contributed by atoms with E-state index < -0.39 is 0 Å². The number of ether oxygens (including phenoxy) is 2. The number of benzene rings is 2. The van der Waals surface area contributed by atoms with Gasteiger partial charge < -0.3 is 14.4 Å². The largest absolute Gasteiger partial charge is 0.493 e. The fraction of sp³-hybridized carbons (Fsp3) is 0.375. The van der Waals surface area contributed by atoms with Crippen molar-refractivity contribution in [3.8, 4) is 11.5 Å². The Morgan fingerprint density at radius 2 is 1.93 bits per heavy atom. The number of carbonyl (C=O) groups excluding carboxylic acids is 1. The highest BCUT2D eigenvalue weighted by atomic mass is 16.5. The van der Waals surface area contributed by atoms with Gasteiger partial charge in [-0.25, -0.2) is 0 Å². The first-order valence-corrected chi connectivity index (χ1v) is 10.0. The third-order valence-electron chi connectivity index (χ3n) is 5.63. The quantitative estimate of drug-likeness (QED) is 0.736. The van der Waals surface area contributed by atoms with Gasteiger partial charge >= 0.3 is 0 Å². The van der Waals surface area contributed by atoms with Crippen LogP contribution in [0.2, 0.25) is 0 Å². The second-order valence-corrected chi connectivity index (χ2v) is 7.64. The number of methoxy groups -OCH3 is 1. The summed E-state index contributed by atoms with van der Waals surface area (Å²) < 4.78 is 11.3. The molecular formula is C24H27NO3. The van der Waals surface area contributed by atoms with Crippen LogP contribution >= 0.6 is 0 Å². The summed E-state index contributed by atoms with van der Waals surface area (Å²) in [5.74, 6) is 1.41. The fourth-order valence-electron chi connectivity index (χ4n) is 4.06. The van der Waals surface area contributed by atoms with Crippen LogP contribution in [0.4, 0.5) is 0 Å². The summed E-state index contributed by atoms with van der Waals surface area (Å²) in [6, 6.07) is 12.6. The highest BCUT2D eigenvalue weighted by Gasteiger charge is 2.34. The molecule has 2 aliphatic heterocycles. The lowest BCUT2D eigenvalue weighted by Crippen LogP contribution is -2.31. The van der Waals surface area contributed by atoms with Crippen molar-refractivity contribution in [2.45, 2.75) is 45.6 Å². The molecule has 0 aromatic heterocycles. The average molecular weight is 377 g/mol. The van der Waals surface area contributed by atoms with Crippen molar-refractivity contribution in [3.05, 3.63) is 64.9 Å². The lowest BCUT2D eigenvalue weighted by atomic mass is 9.97. The molecule has 4 nitrogen and oxygen atoms in total. The van der Waals surface area contributed by atoms with Crippen molar-refractivity contribution in [2.24, 2.45) is 0 Å². The monoisotopic (exact) mass is 377 g/mol. The minimum atomic E-state index is 0.0555. The smallest absolute Gasteiger partial charge is 0.258 e. The molecule has 2 aromatic rings. The summed E-state index contributed by atoms with van der Waals surface area (Å²) in [6.07, 6.45) is 5.69. The molecule has 0 aliphatic carbocycles.